The summed E-state index contributed by atoms with van der Waals surface area (Å²) in [6, 6.07) is 5.36. The lowest BCUT2D eigenvalue weighted by Gasteiger charge is -2.42. The molecule has 5 rings (SSSR count). The van der Waals surface area contributed by atoms with E-state index in [1.807, 2.05) is 13.0 Å². The molecule has 41 heavy (non-hydrogen) atoms. The molecular weight excluding hydrogens is 522 g/mol. The molecule has 222 valence electrons. The number of hydrogen-bond acceptors (Lipinski definition) is 9. The number of nitrogens with one attached hydrogen (secondary N) is 2. The van der Waals surface area contributed by atoms with E-state index in [9.17, 15) is 9.59 Å². The van der Waals surface area contributed by atoms with Gasteiger partial charge >= 0.3 is 0 Å². The molecule has 0 spiro atoms. The zero-order valence-corrected chi connectivity index (χ0v) is 24.9. The van der Waals surface area contributed by atoms with Crippen LogP contribution in [0.25, 0.3) is 0 Å². The van der Waals surface area contributed by atoms with E-state index < -0.39 is 0 Å². The van der Waals surface area contributed by atoms with Gasteiger partial charge in [-0.1, -0.05) is 6.92 Å². The Balaban J connectivity index is 1.40. The third-order valence-electron chi connectivity index (χ3n) is 8.24. The normalized spacial score (nSPS) is 21.8. The van der Waals surface area contributed by atoms with Crippen molar-refractivity contribution in [3.63, 3.8) is 0 Å². The Morgan fingerprint density at radius 3 is 2.66 bits per heavy atom. The average Bonchev–Trinajstić information content (AvgIpc) is 3.49. The van der Waals surface area contributed by atoms with Gasteiger partial charge in [0.05, 0.1) is 18.0 Å². The Bertz CT molecular complexity index is 1240. The van der Waals surface area contributed by atoms with Crippen molar-refractivity contribution in [1.82, 2.24) is 20.2 Å². The van der Waals surface area contributed by atoms with Crippen LogP contribution in [0.3, 0.4) is 0 Å². The summed E-state index contributed by atoms with van der Waals surface area (Å²) < 4.78 is 12.0. The van der Waals surface area contributed by atoms with Crippen molar-refractivity contribution >= 4 is 35.0 Å². The minimum absolute atomic E-state index is 0.0261. The standard InChI is InChI=1S/C30H43N7O4/c1-6-24-29(39)36(5)25-17-31-30(34-27(25)37(24)19(2)3)33-23-10-9-20(16-26(23)41-18-22-8-7-15-40-22)28(38)32-21-11-13-35(4)14-12-21/h9-10,16-17,19,21-22,24H,6-8,11-15,18H2,1-5H3,(H,32,38)(H,31,33,34)/t22?,24-/m1/s1. The first kappa shape index (κ1) is 29.1. The molecule has 2 atom stereocenters. The second-order valence-corrected chi connectivity index (χ2v) is 11.6. The van der Waals surface area contributed by atoms with Crippen LogP contribution in [-0.2, 0) is 9.53 Å². The summed E-state index contributed by atoms with van der Waals surface area (Å²) in [5.74, 6) is 1.57. The molecule has 2 saturated heterocycles. The first-order chi connectivity index (χ1) is 19.7. The van der Waals surface area contributed by atoms with Crippen molar-refractivity contribution in [3.8, 4) is 5.75 Å². The van der Waals surface area contributed by atoms with Gasteiger partial charge in [-0.2, -0.15) is 4.98 Å². The van der Waals surface area contributed by atoms with E-state index in [4.69, 9.17) is 14.5 Å². The molecule has 0 saturated carbocycles. The number of carbonyl (C=O) groups excluding carboxylic acids is 2. The number of aromatic nitrogens is 2. The van der Waals surface area contributed by atoms with Crippen molar-refractivity contribution < 1.29 is 19.1 Å². The molecule has 1 aromatic heterocycles. The van der Waals surface area contributed by atoms with E-state index in [0.717, 1.165) is 45.4 Å². The fourth-order valence-electron chi connectivity index (χ4n) is 5.82. The molecule has 2 amide bonds. The number of benzene rings is 1. The maximum Gasteiger partial charge on any atom is 0.251 e. The molecule has 1 aromatic carbocycles. The van der Waals surface area contributed by atoms with Gasteiger partial charge in [-0.25, -0.2) is 4.98 Å². The molecule has 11 nitrogen and oxygen atoms in total. The fraction of sp³-hybridized carbons (Fsp3) is 0.600. The molecule has 3 aliphatic heterocycles. The number of ether oxygens (including phenoxy) is 2. The highest BCUT2D eigenvalue weighted by Crippen LogP contribution is 2.37. The summed E-state index contributed by atoms with van der Waals surface area (Å²) >= 11 is 0. The van der Waals surface area contributed by atoms with Gasteiger partial charge in [0, 0.05) is 31.3 Å². The number of fused-ring (bicyclic) bond motifs is 1. The molecule has 3 aliphatic rings. The van der Waals surface area contributed by atoms with Crippen LogP contribution in [0.1, 0.15) is 63.2 Å². The Morgan fingerprint density at radius 1 is 1.20 bits per heavy atom. The highest BCUT2D eigenvalue weighted by Gasteiger charge is 2.38. The van der Waals surface area contributed by atoms with Gasteiger partial charge in [-0.15, -0.1) is 0 Å². The molecule has 0 radical (unpaired) electrons. The Labute approximate surface area is 242 Å². The topological polar surface area (TPSA) is 112 Å². The lowest BCUT2D eigenvalue weighted by atomic mass is 10.0. The second kappa shape index (κ2) is 12.6. The third kappa shape index (κ3) is 6.41. The van der Waals surface area contributed by atoms with E-state index in [1.165, 1.54) is 0 Å². The Kier molecular flexibility index (Phi) is 8.94. The van der Waals surface area contributed by atoms with Crippen LogP contribution in [0.15, 0.2) is 24.4 Å². The number of carbonyl (C=O) groups is 2. The van der Waals surface area contributed by atoms with Gasteiger partial charge < -0.3 is 34.8 Å². The van der Waals surface area contributed by atoms with E-state index in [2.05, 4.69) is 46.3 Å². The second-order valence-electron chi connectivity index (χ2n) is 11.6. The lowest BCUT2D eigenvalue weighted by molar-refractivity contribution is -0.120. The lowest BCUT2D eigenvalue weighted by Crippen LogP contribution is -2.54. The van der Waals surface area contributed by atoms with Crippen LogP contribution in [0.4, 0.5) is 23.1 Å². The SMILES string of the molecule is CC[C@@H]1C(=O)N(C)c2cnc(Nc3ccc(C(=O)NC4CCN(C)CC4)cc3OCC3CCCO3)nc2N1C(C)C. The van der Waals surface area contributed by atoms with Gasteiger partial charge in [0.15, 0.2) is 5.82 Å². The summed E-state index contributed by atoms with van der Waals surface area (Å²) in [7, 11) is 3.87. The first-order valence-electron chi connectivity index (χ1n) is 14.8. The maximum atomic E-state index is 13.2. The molecular formula is C30H43N7O4. The van der Waals surface area contributed by atoms with Gasteiger partial charge in [0.1, 0.15) is 24.1 Å². The minimum atomic E-state index is -0.289. The largest absolute Gasteiger partial charge is 0.489 e. The number of rotatable bonds is 9. The summed E-state index contributed by atoms with van der Waals surface area (Å²) in [5.41, 5.74) is 1.87. The van der Waals surface area contributed by atoms with E-state index >= 15 is 0 Å². The number of hydrogen-bond donors (Lipinski definition) is 2. The zero-order chi connectivity index (χ0) is 29.1. The smallest absolute Gasteiger partial charge is 0.251 e. The number of anilines is 4. The monoisotopic (exact) mass is 565 g/mol. The molecule has 0 aliphatic carbocycles. The van der Waals surface area contributed by atoms with Crippen LogP contribution in [0.5, 0.6) is 5.75 Å². The number of likely N-dealkylation sites (tertiary alicyclic amines) is 1. The van der Waals surface area contributed by atoms with Crippen LogP contribution in [-0.4, -0.2) is 91.3 Å². The van der Waals surface area contributed by atoms with Crippen LogP contribution >= 0.6 is 0 Å². The van der Waals surface area contributed by atoms with Gasteiger partial charge in [-0.05, 0) is 84.3 Å². The van der Waals surface area contributed by atoms with Gasteiger partial charge in [0.25, 0.3) is 5.91 Å². The Hall–Kier alpha value is -3.44. The van der Waals surface area contributed by atoms with E-state index in [1.54, 1.807) is 30.3 Å². The Morgan fingerprint density at radius 2 is 1.98 bits per heavy atom. The highest BCUT2D eigenvalue weighted by atomic mass is 16.5. The van der Waals surface area contributed by atoms with Crippen LogP contribution in [0.2, 0.25) is 0 Å². The number of likely N-dealkylation sites (N-methyl/N-ethyl adjacent to an activating group) is 1. The highest BCUT2D eigenvalue weighted by molar-refractivity contribution is 6.04. The van der Waals surface area contributed by atoms with Gasteiger partial charge in [0.2, 0.25) is 11.9 Å². The molecule has 2 aromatic rings. The van der Waals surface area contributed by atoms with E-state index in [0.29, 0.717) is 47.5 Å². The fourth-order valence-corrected chi connectivity index (χ4v) is 5.82. The summed E-state index contributed by atoms with van der Waals surface area (Å²) in [4.78, 5) is 41.6. The quantitative estimate of drug-likeness (QED) is 0.471. The molecule has 2 fully saturated rings. The predicted molar refractivity (Wildman–Crippen MR) is 159 cm³/mol. The van der Waals surface area contributed by atoms with Crippen molar-refractivity contribution in [2.45, 2.75) is 77.1 Å². The predicted octanol–water partition coefficient (Wildman–Crippen LogP) is 3.57. The van der Waals surface area contributed by atoms with Crippen LogP contribution in [0, 0.1) is 0 Å². The summed E-state index contributed by atoms with van der Waals surface area (Å²) in [6.45, 7) is 9.22. The zero-order valence-electron chi connectivity index (χ0n) is 24.9. The van der Waals surface area contributed by atoms with Crippen molar-refractivity contribution in [3.05, 3.63) is 30.0 Å². The molecule has 4 heterocycles. The van der Waals surface area contributed by atoms with E-state index in [-0.39, 0.29) is 36.0 Å². The molecule has 11 heteroatoms. The van der Waals surface area contributed by atoms with Crippen molar-refractivity contribution in [2.75, 3.05) is 55.5 Å². The maximum absolute atomic E-state index is 13.2. The molecule has 1 unspecified atom stereocenters. The first-order valence-corrected chi connectivity index (χ1v) is 14.8. The molecule has 0 bridgehead atoms. The van der Waals surface area contributed by atoms with Crippen molar-refractivity contribution in [2.24, 2.45) is 0 Å². The summed E-state index contributed by atoms with van der Waals surface area (Å²) in [5, 5.41) is 6.50. The number of piperidine rings is 1. The number of nitrogens with zero attached hydrogens (tertiary/aromatic N) is 5. The number of amides is 2. The van der Waals surface area contributed by atoms with Gasteiger partial charge in [-0.3, -0.25) is 9.59 Å². The molecule has 2 N–H and O–H groups in total. The van der Waals surface area contributed by atoms with Crippen LogP contribution < -0.4 is 25.2 Å². The third-order valence-corrected chi connectivity index (χ3v) is 8.24. The minimum Gasteiger partial charge on any atom is -0.489 e. The van der Waals surface area contributed by atoms with Crippen molar-refractivity contribution in [1.29, 1.82) is 0 Å². The summed E-state index contributed by atoms with van der Waals surface area (Å²) in [6.07, 6.45) is 6.22. The average molecular weight is 566 g/mol.